The summed E-state index contributed by atoms with van der Waals surface area (Å²) in [6, 6.07) is 0.302. The smallest absolute Gasteiger partial charge is 0.150 e. The van der Waals surface area contributed by atoms with E-state index in [0.717, 1.165) is 38.5 Å². The minimum atomic E-state index is -2.84. The fraction of sp³-hybridized carbons (Fsp3) is 1.00. The minimum absolute atomic E-state index is 0.302. The van der Waals surface area contributed by atoms with E-state index in [1.165, 1.54) is 38.5 Å². The van der Waals surface area contributed by atoms with E-state index in [1.807, 2.05) is 0 Å². The number of unbranched alkanes of at least 4 members (excludes halogenated alkanes) is 7. The summed E-state index contributed by atoms with van der Waals surface area (Å²) in [6.45, 7) is 2.23. The second kappa shape index (κ2) is 10.6. The van der Waals surface area contributed by atoms with Crippen LogP contribution < -0.4 is 5.73 Å². The highest BCUT2D eigenvalue weighted by molar-refractivity contribution is 7.91. The van der Waals surface area contributed by atoms with Crippen molar-refractivity contribution in [2.24, 2.45) is 11.7 Å². The van der Waals surface area contributed by atoms with E-state index in [1.54, 1.807) is 0 Å². The van der Waals surface area contributed by atoms with Crippen LogP contribution in [0.25, 0.3) is 0 Å². The predicted molar refractivity (Wildman–Crippen MR) is 91.2 cm³/mol. The maximum Gasteiger partial charge on any atom is 0.150 e. The Labute approximate surface area is 132 Å². The summed E-state index contributed by atoms with van der Waals surface area (Å²) in [5, 5.41) is 0. The van der Waals surface area contributed by atoms with Crippen LogP contribution >= 0.6 is 0 Å². The standard InChI is InChI=1S/C17H35NO2S/c1-2-3-4-5-6-7-8-9-14-21(19,20)15-16-10-12-17(18)13-11-16/h16-17H,2-15,18H2,1H3. The highest BCUT2D eigenvalue weighted by Crippen LogP contribution is 2.25. The Hall–Kier alpha value is -0.0900. The zero-order valence-electron chi connectivity index (χ0n) is 13.9. The van der Waals surface area contributed by atoms with Crippen molar-refractivity contribution in [1.82, 2.24) is 0 Å². The summed E-state index contributed by atoms with van der Waals surface area (Å²) < 4.78 is 24.2. The Morgan fingerprint density at radius 1 is 0.857 bits per heavy atom. The van der Waals surface area contributed by atoms with Gasteiger partial charge < -0.3 is 5.73 Å². The Bertz CT molecular complexity index is 346. The molecule has 0 atom stereocenters. The highest BCUT2D eigenvalue weighted by atomic mass is 32.2. The zero-order chi connectivity index (χ0) is 15.6. The van der Waals surface area contributed by atoms with Crippen molar-refractivity contribution in [1.29, 1.82) is 0 Å². The fourth-order valence-electron chi connectivity index (χ4n) is 3.25. The molecule has 1 fully saturated rings. The molecule has 0 spiro atoms. The van der Waals surface area contributed by atoms with Gasteiger partial charge in [0.25, 0.3) is 0 Å². The summed E-state index contributed by atoms with van der Waals surface area (Å²) in [5.74, 6) is 1.16. The van der Waals surface area contributed by atoms with Gasteiger partial charge in [-0.1, -0.05) is 51.9 Å². The van der Waals surface area contributed by atoms with Crippen LogP contribution in [0.1, 0.15) is 84.0 Å². The lowest BCUT2D eigenvalue weighted by Gasteiger charge is -2.25. The molecule has 0 aromatic heterocycles. The molecule has 1 aliphatic carbocycles. The van der Waals surface area contributed by atoms with E-state index in [9.17, 15) is 8.42 Å². The number of rotatable bonds is 11. The number of sulfone groups is 1. The molecule has 1 rings (SSSR count). The van der Waals surface area contributed by atoms with Crippen LogP contribution in [-0.2, 0) is 9.84 Å². The van der Waals surface area contributed by atoms with Crippen LogP contribution in [0.15, 0.2) is 0 Å². The van der Waals surface area contributed by atoms with Gasteiger partial charge >= 0.3 is 0 Å². The molecule has 0 aromatic carbocycles. The van der Waals surface area contributed by atoms with E-state index >= 15 is 0 Å². The lowest BCUT2D eigenvalue weighted by atomic mass is 9.88. The van der Waals surface area contributed by atoms with Crippen molar-refractivity contribution >= 4 is 9.84 Å². The summed E-state index contributed by atoms with van der Waals surface area (Å²) in [6.07, 6.45) is 13.6. The molecule has 1 saturated carbocycles. The van der Waals surface area contributed by atoms with Gasteiger partial charge in [0.2, 0.25) is 0 Å². The monoisotopic (exact) mass is 317 g/mol. The van der Waals surface area contributed by atoms with Gasteiger partial charge in [0.15, 0.2) is 9.84 Å². The van der Waals surface area contributed by atoms with Crippen LogP contribution in [-0.4, -0.2) is 26.0 Å². The minimum Gasteiger partial charge on any atom is -0.328 e. The molecule has 0 heterocycles. The summed E-state index contributed by atoms with van der Waals surface area (Å²) in [5.41, 5.74) is 5.87. The van der Waals surface area contributed by atoms with Crippen molar-refractivity contribution in [3.05, 3.63) is 0 Å². The molecular formula is C17H35NO2S. The molecule has 0 radical (unpaired) electrons. The van der Waals surface area contributed by atoms with Gasteiger partial charge in [0.05, 0.1) is 11.5 Å². The SMILES string of the molecule is CCCCCCCCCCS(=O)(=O)CC1CCC(N)CC1. The quantitative estimate of drug-likeness (QED) is 0.585. The third-order valence-electron chi connectivity index (χ3n) is 4.69. The Balaban J connectivity index is 2.04. The van der Waals surface area contributed by atoms with Gasteiger partial charge in [0, 0.05) is 6.04 Å². The van der Waals surface area contributed by atoms with Crippen molar-refractivity contribution in [2.75, 3.05) is 11.5 Å². The van der Waals surface area contributed by atoms with Crippen LogP contribution in [0.2, 0.25) is 0 Å². The van der Waals surface area contributed by atoms with Gasteiger partial charge in [-0.25, -0.2) is 8.42 Å². The molecule has 2 N–H and O–H groups in total. The third-order valence-corrected chi connectivity index (χ3v) is 6.58. The van der Waals surface area contributed by atoms with Crippen LogP contribution in [0.4, 0.5) is 0 Å². The van der Waals surface area contributed by atoms with Crippen molar-refractivity contribution in [3.8, 4) is 0 Å². The molecule has 0 aliphatic heterocycles. The summed E-state index contributed by atoms with van der Waals surface area (Å²) >= 11 is 0. The molecule has 0 saturated heterocycles. The van der Waals surface area contributed by atoms with Gasteiger partial charge in [-0.3, -0.25) is 0 Å². The van der Waals surface area contributed by atoms with Gasteiger partial charge in [-0.05, 0) is 38.0 Å². The fourth-order valence-corrected chi connectivity index (χ4v) is 5.12. The topological polar surface area (TPSA) is 60.2 Å². The average molecular weight is 318 g/mol. The first-order chi connectivity index (χ1) is 10.0. The van der Waals surface area contributed by atoms with E-state index in [4.69, 9.17) is 5.73 Å². The summed E-state index contributed by atoms with van der Waals surface area (Å²) in [4.78, 5) is 0. The molecule has 126 valence electrons. The first-order valence-electron chi connectivity index (χ1n) is 8.99. The highest BCUT2D eigenvalue weighted by Gasteiger charge is 2.23. The Morgan fingerprint density at radius 2 is 1.38 bits per heavy atom. The number of hydrogen-bond donors (Lipinski definition) is 1. The lowest BCUT2D eigenvalue weighted by molar-refractivity contribution is 0.348. The lowest BCUT2D eigenvalue weighted by Crippen LogP contribution is -2.30. The Kier molecular flexibility index (Phi) is 9.57. The van der Waals surface area contributed by atoms with E-state index in [2.05, 4.69) is 6.92 Å². The van der Waals surface area contributed by atoms with E-state index in [-0.39, 0.29) is 0 Å². The normalized spacial score (nSPS) is 23.3. The Morgan fingerprint density at radius 3 is 1.95 bits per heavy atom. The number of hydrogen-bond acceptors (Lipinski definition) is 3. The van der Waals surface area contributed by atoms with Crippen molar-refractivity contribution in [2.45, 2.75) is 90.0 Å². The second-order valence-corrected chi connectivity index (χ2v) is 9.10. The first kappa shape index (κ1) is 19.0. The molecular weight excluding hydrogens is 282 g/mol. The van der Waals surface area contributed by atoms with E-state index in [0.29, 0.717) is 23.5 Å². The molecule has 1 aliphatic rings. The van der Waals surface area contributed by atoms with Crippen LogP contribution in [0.5, 0.6) is 0 Å². The maximum atomic E-state index is 12.1. The van der Waals surface area contributed by atoms with Crippen LogP contribution in [0.3, 0.4) is 0 Å². The molecule has 0 amide bonds. The zero-order valence-corrected chi connectivity index (χ0v) is 14.7. The van der Waals surface area contributed by atoms with Gasteiger partial charge in [-0.2, -0.15) is 0 Å². The first-order valence-corrected chi connectivity index (χ1v) is 10.8. The largest absolute Gasteiger partial charge is 0.328 e. The summed E-state index contributed by atoms with van der Waals surface area (Å²) in [7, 11) is -2.84. The molecule has 21 heavy (non-hydrogen) atoms. The second-order valence-electron chi connectivity index (χ2n) is 6.87. The van der Waals surface area contributed by atoms with Crippen molar-refractivity contribution < 1.29 is 8.42 Å². The van der Waals surface area contributed by atoms with E-state index < -0.39 is 9.84 Å². The molecule has 0 unspecified atom stereocenters. The third kappa shape index (κ3) is 9.51. The maximum absolute atomic E-state index is 12.1. The number of nitrogens with two attached hydrogens (primary N) is 1. The van der Waals surface area contributed by atoms with Gasteiger partial charge in [-0.15, -0.1) is 0 Å². The molecule has 0 bridgehead atoms. The van der Waals surface area contributed by atoms with Crippen LogP contribution in [0, 0.1) is 5.92 Å². The van der Waals surface area contributed by atoms with Gasteiger partial charge in [0.1, 0.15) is 0 Å². The van der Waals surface area contributed by atoms with Crippen molar-refractivity contribution in [3.63, 3.8) is 0 Å². The molecule has 3 nitrogen and oxygen atoms in total. The average Bonchev–Trinajstić information content (AvgIpc) is 2.44. The molecule has 0 aromatic rings. The predicted octanol–water partition coefficient (Wildman–Crippen LogP) is 4.06. The molecule has 4 heteroatoms.